The Kier molecular flexibility index (Phi) is 23.9. The molecule has 0 bridgehead atoms. The topological polar surface area (TPSA) is 439 Å². The van der Waals surface area contributed by atoms with Crippen molar-refractivity contribution in [3.63, 3.8) is 0 Å². The molecule has 8 fully saturated rings. The third-order valence-electron chi connectivity index (χ3n) is 20.7. The summed E-state index contributed by atoms with van der Waals surface area (Å²) in [5, 5.41) is 145. The van der Waals surface area contributed by atoms with Gasteiger partial charge in [-0.1, -0.05) is 46.3 Å². The average molecular weight is 1280 g/mol. The molecule has 0 spiro atoms. The van der Waals surface area contributed by atoms with Gasteiger partial charge < -0.3 is 118 Å². The van der Waals surface area contributed by atoms with Crippen LogP contribution >= 0.6 is 0 Å². The number of Topliss-reactive ketones (excluding diaryl/α,β-unsaturated/α-hetero) is 1. The average Bonchev–Trinajstić information content (AvgIpc) is 1.72. The largest absolute Gasteiger partial charge is 1.00 e. The molecule has 3 saturated carbocycles. The number of ether oxygens (including phenoxy) is 10. The number of aliphatic hydroxyl groups is 13. The van der Waals surface area contributed by atoms with Gasteiger partial charge in [-0.05, 0) is 112 Å². The quantitative estimate of drug-likeness (QED) is 0.0248. The molecule has 0 radical (unpaired) electrons. The van der Waals surface area contributed by atoms with Crippen LogP contribution in [0.15, 0.2) is 11.6 Å². The van der Waals surface area contributed by atoms with Crippen molar-refractivity contribution in [2.75, 3.05) is 13.2 Å². The van der Waals surface area contributed by atoms with Gasteiger partial charge in [0.15, 0.2) is 31.5 Å². The number of allylic oxidation sites excluding steroid dienone is 2. The van der Waals surface area contributed by atoms with Gasteiger partial charge in [0, 0.05) is 12.8 Å². The molecule has 4 aliphatic carbocycles. The Bertz CT molecular complexity index is 2430. The molecular weight excluding hydrogens is 1190 g/mol. The Balaban J connectivity index is 0.00000982. The molecule has 30 heteroatoms. The Morgan fingerprint density at radius 1 is 0.586 bits per heavy atom. The molecular formula is C57H93NaO28S. The SMILES string of the molecule is CC(C)CC(=O)C[C@@H](C)[C@H]1CC[C@H]2[C@@H]3C[C@H](O[C@@H]4O[C@H](CO)[C@H](O)[C@H](O[C@@H]5O[C@H](C)[C@@H](O[C@@H]6O[C@H](CO)[C@H](O)[C@H](O)[C@H]6O[C@@H]6O[C@H](C)[C@H](O)[C@H](O)[C@H]6O)[C@H](O)[C@H]5O[C@@H]5O[C@H](C)[C@@H](O)[C@H](O)[C@H]5O)[C@H]4O)[C@H]4C[C@@H](OS(=O)(=O)[O-])CC[C@]4(C)C3=CC[C@]12C.[Na+]. The van der Waals surface area contributed by atoms with Crippen LogP contribution in [0.4, 0.5) is 0 Å². The summed E-state index contributed by atoms with van der Waals surface area (Å²) in [4.78, 5) is 13.2. The molecule has 87 heavy (non-hydrogen) atoms. The molecule has 0 aromatic heterocycles. The van der Waals surface area contributed by atoms with E-state index in [1.807, 2.05) is 13.8 Å². The van der Waals surface area contributed by atoms with E-state index in [1.54, 1.807) is 0 Å². The van der Waals surface area contributed by atoms with Crippen molar-refractivity contribution in [3.05, 3.63) is 11.6 Å². The fourth-order valence-corrected chi connectivity index (χ4v) is 16.6. The summed E-state index contributed by atoms with van der Waals surface area (Å²) >= 11 is 0. The van der Waals surface area contributed by atoms with Crippen molar-refractivity contribution >= 4 is 16.2 Å². The first kappa shape index (κ1) is 72.2. The predicted molar refractivity (Wildman–Crippen MR) is 288 cm³/mol. The number of ketones is 1. The number of aliphatic hydroxyl groups excluding tert-OH is 13. The van der Waals surface area contributed by atoms with E-state index in [4.69, 9.17) is 51.6 Å². The molecule has 28 nitrogen and oxygen atoms in total. The monoisotopic (exact) mass is 1280 g/mol. The van der Waals surface area contributed by atoms with Crippen molar-refractivity contribution in [2.45, 2.75) is 279 Å². The van der Waals surface area contributed by atoms with E-state index in [9.17, 15) is 84.1 Å². The molecule has 13 N–H and O–H groups in total. The van der Waals surface area contributed by atoms with Gasteiger partial charge in [-0.25, -0.2) is 8.42 Å². The second kappa shape index (κ2) is 28.7. The molecule has 0 unspecified atom stereocenters. The molecule has 9 aliphatic rings. The molecule has 34 atom stereocenters. The minimum absolute atomic E-state index is 0. The summed E-state index contributed by atoms with van der Waals surface area (Å²) < 4.78 is 103. The van der Waals surface area contributed by atoms with E-state index in [0.29, 0.717) is 25.7 Å². The van der Waals surface area contributed by atoms with Gasteiger partial charge in [0.2, 0.25) is 10.4 Å². The van der Waals surface area contributed by atoms with Crippen LogP contribution in [0.25, 0.3) is 0 Å². The minimum atomic E-state index is -5.14. The van der Waals surface area contributed by atoms with Crippen molar-refractivity contribution in [1.82, 2.24) is 0 Å². The Morgan fingerprint density at radius 2 is 1.10 bits per heavy atom. The minimum Gasteiger partial charge on any atom is -0.726 e. The maximum atomic E-state index is 13.2. The normalized spacial score (nSPS) is 50.7. The third kappa shape index (κ3) is 14.6. The summed E-state index contributed by atoms with van der Waals surface area (Å²) in [7, 11) is -5.14. The molecule has 5 aliphatic heterocycles. The standard InChI is InChI=1S/C57H94O28S.Na/c1-21(2)15-26(60)16-22(3)29-9-10-30-28-18-33(32-17-27(85-86(72,73)74)11-13-57(32,8)31(28)12-14-56(29,30)7)78-53-46(71)48(39(64)35(20-59)79-53)82-54-50(84-52-44(69)41(66)37(62)24(5)76-52)45(70)47(25(6)77-54)81-55-49(42(67)38(63)34(19-58)80-55)83-51-43(68)40(65)36(61)23(4)75-51;/h12,21-25,27-30,32-55,58-59,61-71H,9-11,13-20H2,1-8H3,(H,72,73,74);/q;+1/p-1/t22-,23-,24-,25-,27+,28+,29-,30+,32-,33+,34-,35-,36+,37-,38+,39+,40+,41+,42+,43-,44-,45+,46-,47-,48+,49-,50-,51+,52+,53-,54+,55+,56-,57-;/m1./s1. The summed E-state index contributed by atoms with van der Waals surface area (Å²) in [6.07, 6.45) is -39.1. The zero-order valence-electron chi connectivity index (χ0n) is 50.8. The van der Waals surface area contributed by atoms with E-state index in [0.717, 1.165) is 19.3 Å². The number of hydrogen-bond donors (Lipinski definition) is 13. The first-order chi connectivity index (χ1) is 40.3. The van der Waals surface area contributed by atoms with Crippen LogP contribution in [-0.2, 0) is 66.7 Å². The fourth-order valence-electron chi connectivity index (χ4n) is 16.0. The van der Waals surface area contributed by atoms with Crippen molar-refractivity contribution in [2.24, 2.45) is 46.3 Å². The number of carbonyl (C=O) groups is 1. The molecule has 0 aromatic carbocycles. The molecule has 0 aromatic rings. The Hall–Kier alpha value is -0.640. The van der Waals surface area contributed by atoms with Crippen molar-refractivity contribution in [3.8, 4) is 0 Å². The molecule has 0 amide bonds. The van der Waals surface area contributed by atoms with Crippen LogP contribution in [0.1, 0.15) is 113 Å². The number of rotatable bonds is 19. The van der Waals surface area contributed by atoms with Crippen LogP contribution in [0.3, 0.4) is 0 Å². The van der Waals surface area contributed by atoms with E-state index in [1.165, 1.54) is 26.3 Å². The molecule has 5 heterocycles. The van der Waals surface area contributed by atoms with Crippen LogP contribution in [0, 0.1) is 46.3 Å². The summed E-state index contributed by atoms with van der Waals surface area (Å²) in [6, 6.07) is 0. The zero-order chi connectivity index (χ0) is 63.0. The second-order valence-corrected chi connectivity index (χ2v) is 27.8. The van der Waals surface area contributed by atoms with Gasteiger partial charge in [0.05, 0.1) is 43.7 Å². The fraction of sp³-hybridized carbons (Fsp3) is 0.947. The van der Waals surface area contributed by atoms with Gasteiger partial charge in [0.25, 0.3) is 0 Å². The summed E-state index contributed by atoms with van der Waals surface area (Å²) in [6.45, 7) is 12.9. The number of hydrogen-bond acceptors (Lipinski definition) is 28. The third-order valence-corrected chi connectivity index (χ3v) is 21.2. The Labute approximate surface area is 528 Å². The van der Waals surface area contributed by atoms with E-state index < -0.39 is 201 Å². The second-order valence-electron chi connectivity index (χ2n) is 26.8. The first-order valence-corrected chi connectivity index (χ1v) is 31.8. The molecule has 5 saturated heterocycles. The summed E-state index contributed by atoms with van der Waals surface area (Å²) in [5.74, 6) is 0.269. The first-order valence-electron chi connectivity index (χ1n) is 30.4. The maximum Gasteiger partial charge on any atom is 1.00 e. The Morgan fingerprint density at radius 3 is 1.68 bits per heavy atom. The van der Waals surface area contributed by atoms with E-state index in [-0.39, 0.29) is 83.2 Å². The molecule has 496 valence electrons. The van der Waals surface area contributed by atoms with Gasteiger partial charge in [-0.2, -0.15) is 0 Å². The predicted octanol–water partition coefficient (Wildman–Crippen LogP) is -5.77. The summed E-state index contributed by atoms with van der Waals surface area (Å²) in [5.41, 5.74) is 0.315. The van der Waals surface area contributed by atoms with Gasteiger partial charge >= 0.3 is 29.6 Å². The zero-order valence-corrected chi connectivity index (χ0v) is 53.6. The van der Waals surface area contributed by atoms with Crippen LogP contribution < -0.4 is 29.6 Å². The van der Waals surface area contributed by atoms with Gasteiger partial charge in [-0.3, -0.25) is 8.98 Å². The van der Waals surface area contributed by atoms with Crippen LogP contribution in [-0.4, -0.2) is 264 Å². The van der Waals surface area contributed by atoms with Crippen molar-refractivity contribution in [1.29, 1.82) is 0 Å². The van der Waals surface area contributed by atoms with E-state index >= 15 is 0 Å². The molecule has 9 rings (SSSR count). The van der Waals surface area contributed by atoms with Crippen LogP contribution in [0.5, 0.6) is 0 Å². The van der Waals surface area contributed by atoms with E-state index in [2.05, 4.69) is 26.8 Å². The number of fused-ring (bicyclic) bond motifs is 5. The maximum absolute atomic E-state index is 13.2. The number of carbonyl (C=O) groups excluding carboxylic acids is 1. The van der Waals surface area contributed by atoms with Gasteiger partial charge in [-0.15, -0.1) is 0 Å². The van der Waals surface area contributed by atoms with Gasteiger partial charge in [0.1, 0.15) is 110 Å². The van der Waals surface area contributed by atoms with Crippen LogP contribution in [0.2, 0.25) is 0 Å². The van der Waals surface area contributed by atoms with Crippen molar-refractivity contribution < 1.29 is 165 Å². The smallest absolute Gasteiger partial charge is 0.726 e.